The molecule has 25 heavy (non-hydrogen) atoms. The quantitative estimate of drug-likeness (QED) is 0.782. The normalized spacial score (nSPS) is 18.6. The second-order valence-corrected chi connectivity index (χ2v) is 6.45. The first kappa shape index (κ1) is 17.7. The fourth-order valence-corrected chi connectivity index (χ4v) is 3.18. The summed E-state index contributed by atoms with van der Waals surface area (Å²) in [6.45, 7) is 5.66. The number of nitrogen functional groups attached to an aromatic ring is 1. The Hall–Kier alpha value is -2.09. The molecule has 0 aliphatic carbocycles. The van der Waals surface area contributed by atoms with Crippen molar-refractivity contribution in [2.75, 3.05) is 19.5 Å². The minimum Gasteiger partial charge on any atom is -0.468 e. The molecule has 2 atom stereocenters. The van der Waals surface area contributed by atoms with Crippen molar-refractivity contribution in [3.63, 3.8) is 0 Å². The monoisotopic (exact) mass is 349 g/mol. The number of imidazole rings is 1. The van der Waals surface area contributed by atoms with Gasteiger partial charge in [0.25, 0.3) is 6.01 Å². The standard InChI is InChI=1S/C17H27N5O3/c1-4-6-11(2)25-16-20-14(18)13-15(21-16)22(17(19-13)23-3)9-8-12-7-5-10-24-12/h11-12H,4-10H2,1-3H3,(H2,18,20,21). The predicted octanol–water partition coefficient (Wildman–Crippen LogP) is 2.55. The molecule has 0 aromatic carbocycles. The lowest BCUT2D eigenvalue weighted by Gasteiger charge is -2.13. The van der Waals surface area contributed by atoms with E-state index in [2.05, 4.69) is 21.9 Å². The van der Waals surface area contributed by atoms with E-state index in [1.54, 1.807) is 7.11 Å². The van der Waals surface area contributed by atoms with E-state index in [0.29, 0.717) is 29.5 Å². The summed E-state index contributed by atoms with van der Waals surface area (Å²) in [5, 5.41) is 0. The van der Waals surface area contributed by atoms with Crippen LogP contribution in [0.5, 0.6) is 12.0 Å². The van der Waals surface area contributed by atoms with Crippen LogP contribution in [0.1, 0.15) is 46.0 Å². The van der Waals surface area contributed by atoms with Gasteiger partial charge in [-0.05, 0) is 32.6 Å². The van der Waals surface area contributed by atoms with Gasteiger partial charge >= 0.3 is 6.01 Å². The van der Waals surface area contributed by atoms with Gasteiger partial charge in [0.15, 0.2) is 17.0 Å². The highest BCUT2D eigenvalue weighted by Crippen LogP contribution is 2.27. The molecule has 138 valence electrons. The van der Waals surface area contributed by atoms with Crippen molar-refractivity contribution >= 4 is 17.0 Å². The Morgan fingerprint density at radius 1 is 1.36 bits per heavy atom. The van der Waals surface area contributed by atoms with Crippen molar-refractivity contribution in [1.29, 1.82) is 0 Å². The summed E-state index contributed by atoms with van der Waals surface area (Å²) in [6.07, 6.45) is 5.38. The molecule has 0 saturated carbocycles. The molecule has 0 amide bonds. The van der Waals surface area contributed by atoms with Crippen LogP contribution in [0.4, 0.5) is 5.82 Å². The van der Waals surface area contributed by atoms with Crippen LogP contribution in [0, 0.1) is 0 Å². The average molecular weight is 349 g/mol. The van der Waals surface area contributed by atoms with Crippen molar-refractivity contribution in [2.24, 2.45) is 0 Å². The van der Waals surface area contributed by atoms with E-state index in [4.69, 9.17) is 19.9 Å². The number of aryl methyl sites for hydroxylation is 1. The van der Waals surface area contributed by atoms with Gasteiger partial charge in [-0.15, -0.1) is 0 Å². The van der Waals surface area contributed by atoms with E-state index < -0.39 is 0 Å². The molecule has 0 bridgehead atoms. The third-order valence-electron chi connectivity index (χ3n) is 4.45. The molecule has 2 N–H and O–H groups in total. The van der Waals surface area contributed by atoms with E-state index in [-0.39, 0.29) is 18.2 Å². The van der Waals surface area contributed by atoms with Gasteiger partial charge in [0.1, 0.15) is 0 Å². The Bertz CT molecular complexity index is 712. The summed E-state index contributed by atoms with van der Waals surface area (Å²) in [6, 6.07) is 0.764. The zero-order valence-corrected chi connectivity index (χ0v) is 15.2. The van der Waals surface area contributed by atoms with Gasteiger partial charge in [0.05, 0.1) is 19.3 Å². The largest absolute Gasteiger partial charge is 0.468 e. The van der Waals surface area contributed by atoms with Crippen LogP contribution in [0.25, 0.3) is 11.2 Å². The van der Waals surface area contributed by atoms with Crippen LogP contribution >= 0.6 is 0 Å². The van der Waals surface area contributed by atoms with Crippen molar-refractivity contribution in [2.45, 2.75) is 64.7 Å². The number of hydrogen-bond acceptors (Lipinski definition) is 7. The highest BCUT2D eigenvalue weighted by Gasteiger charge is 2.21. The summed E-state index contributed by atoms with van der Waals surface area (Å²) >= 11 is 0. The van der Waals surface area contributed by atoms with Crippen molar-refractivity contribution in [1.82, 2.24) is 19.5 Å². The van der Waals surface area contributed by atoms with E-state index in [0.717, 1.165) is 38.7 Å². The first-order chi connectivity index (χ1) is 12.1. The van der Waals surface area contributed by atoms with Gasteiger partial charge in [-0.3, -0.25) is 4.57 Å². The van der Waals surface area contributed by atoms with Gasteiger partial charge in [-0.25, -0.2) is 0 Å². The molecule has 1 fully saturated rings. The average Bonchev–Trinajstić information content (AvgIpc) is 3.20. The lowest BCUT2D eigenvalue weighted by atomic mass is 10.2. The number of fused-ring (bicyclic) bond motifs is 1. The molecule has 3 heterocycles. The van der Waals surface area contributed by atoms with Crippen LogP contribution in [0.3, 0.4) is 0 Å². The summed E-state index contributed by atoms with van der Waals surface area (Å²) in [5.41, 5.74) is 7.26. The molecule has 2 aromatic heterocycles. The number of hydrogen-bond donors (Lipinski definition) is 1. The minimum absolute atomic E-state index is 0.0343. The molecule has 0 spiro atoms. The fourth-order valence-electron chi connectivity index (χ4n) is 3.18. The molecular weight excluding hydrogens is 322 g/mol. The number of nitrogens with zero attached hydrogens (tertiary/aromatic N) is 4. The summed E-state index contributed by atoms with van der Waals surface area (Å²) < 4.78 is 18.8. The van der Waals surface area contributed by atoms with Crippen molar-refractivity contribution in [3.8, 4) is 12.0 Å². The molecule has 8 heteroatoms. The molecule has 8 nitrogen and oxygen atoms in total. The van der Waals surface area contributed by atoms with E-state index in [9.17, 15) is 0 Å². The van der Waals surface area contributed by atoms with Crippen LogP contribution < -0.4 is 15.2 Å². The minimum atomic E-state index is 0.0343. The number of anilines is 1. The molecule has 3 rings (SSSR count). The molecular formula is C17H27N5O3. The molecule has 1 aliphatic heterocycles. The molecule has 1 saturated heterocycles. The smallest absolute Gasteiger partial charge is 0.320 e. The Kier molecular flexibility index (Phi) is 5.57. The number of ether oxygens (including phenoxy) is 3. The van der Waals surface area contributed by atoms with Crippen LogP contribution in [-0.2, 0) is 11.3 Å². The second kappa shape index (κ2) is 7.86. The number of rotatable bonds is 8. The maximum Gasteiger partial charge on any atom is 0.320 e. The van der Waals surface area contributed by atoms with Gasteiger partial charge in [0, 0.05) is 13.2 Å². The van der Waals surface area contributed by atoms with Gasteiger partial charge in [0.2, 0.25) is 0 Å². The maximum absolute atomic E-state index is 6.07. The Balaban J connectivity index is 1.88. The predicted molar refractivity (Wildman–Crippen MR) is 94.9 cm³/mol. The summed E-state index contributed by atoms with van der Waals surface area (Å²) in [4.78, 5) is 13.2. The Morgan fingerprint density at radius 2 is 2.20 bits per heavy atom. The van der Waals surface area contributed by atoms with Crippen LogP contribution in [-0.4, -0.2) is 45.4 Å². The first-order valence-corrected chi connectivity index (χ1v) is 8.98. The third-order valence-corrected chi connectivity index (χ3v) is 4.45. The zero-order chi connectivity index (χ0) is 17.8. The van der Waals surface area contributed by atoms with Gasteiger partial charge in [-0.2, -0.15) is 15.0 Å². The van der Waals surface area contributed by atoms with Crippen LogP contribution in [0.2, 0.25) is 0 Å². The lowest BCUT2D eigenvalue weighted by molar-refractivity contribution is 0.0999. The fraction of sp³-hybridized carbons (Fsp3) is 0.706. The number of aromatic nitrogens is 4. The van der Waals surface area contributed by atoms with Crippen molar-refractivity contribution < 1.29 is 14.2 Å². The van der Waals surface area contributed by atoms with Gasteiger partial charge < -0.3 is 19.9 Å². The SMILES string of the molecule is CCCC(C)Oc1nc(N)c2nc(OC)n(CCC3CCCO3)c2n1. The third kappa shape index (κ3) is 3.95. The molecule has 2 unspecified atom stereocenters. The van der Waals surface area contributed by atoms with E-state index in [1.807, 2.05) is 11.5 Å². The second-order valence-electron chi connectivity index (χ2n) is 6.45. The topological polar surface area (TPSA) is 97.3 Å². The molecule has 2 aromatic rings. The molecule has 1 aliphatic rings. The number of nitrogens with two attached hydrogens (primary N) is 1. The van der Waals surface area contributed by atoms with Gasteiger partial charge in [-0.1, -0.05) is 13.3 Å². The number of methoxy groups -OCH3 is 1. The summed E-state index contributed by atoms with van der Waals surface area (Å²) in [7, 11) is 1.59. The Morgan fingerprint density at radius 3 is 2.88 bits per heavy atom. The van der Waals surface area contributed by atoms with E-state index in [1.165, 1.54) is 0 Å². The molecule has 0 radical (unpaired) electrons. The first-order valence-electron chi connectivity index (χ1n) is 8.98. The lowest BCUT2D eigenvalue weighted by Crippen LogP contribution is -2.14. The summed E-state index contributed by atoms with van der Waals surface area (Å²) in [5.74, 6) is 0.304. The van der Waals surface area contributed by atoms with Crippen molar-refractivity contribution in [3.05, 3.63) is 0 Å². The highest BCUT2D eigenvalue weighted by atomic mass is 16.5. The highest BCUT2D eigenvalue weighted by molar-refractivity contribution is 5.83. The van der Waals surface area contributed by atoms with E-state index >= 15 is 0 Å². The Labute approximate surface area is 147 Å². The van der Waals surface area contributed by atoms with Crippen LogP contribution in [0.15, 0.2) is 0 Å². The maximum atomic E-state index is 6.07. The zero-order valence-electron chi connectivity index (χ0n) is 15.2.